The van der Waals surface area contributed by atoms with Crippen LogP contribution in [0.15, 0.2) is 90.1 Å². The second-order valence-electron chi connectivity index (χ2n) is 14.6. The number of rotatable bonds is 16. The lowest BCUT2D eigenvalue weighted by Crippen LogP contribution is -2.44. The van der Waals surface area contributed by atoms with Gasteiger partial charge in [-0.2, -0.15) is 13.5 Å². The third kappa shape index (κ3) is 10.0. The van der Waals surface area contributed by atoms with Crippen molar-refractivity contribution in [3.8, 4) is 11.5 Å². The van der Waals surface area contributed by atoms with Gasteiger partial charge in [0.05, 0.1) is 27.1 Å². The highest BCUT2D eigenvalue weighted by Crippen LogP contribution is 2.39. The summed E-state index contributed by atoms with van der Waals surface area (Å²) in [6, 6.07) is 17.0. The van der Waals surface area contributed by atoms with E-state index in [4.69, 9.17) is 42.1 Å². The minimum atomic E-state index is -4.44. The number of carbonyl (C=O) groups excluding carboxylic acids is 2. The number of piperidine rings is 1. The van der Waals surface area contributed by atoms with Crippen LogP contribution in [0.4, 0.5) is 8.78 Å². The van der Waals surface area contributed by atoms with Gasteiger partial charge in [0.2, 0.25) is 10.0 Å². The first-order valence-corrected chi connectivity index (χ1v) is 20.9. The first-order chi connectivity index (χ1) is 27.3. The molecule has 57 heavy (non-hydrogen) atoms. The molecule has 3 aliphatic rings. The molecular weight excluding hydrogens is 803 g/mol. The van der Waals surface area contributed by atoms with Crippen LogP contribution in [0.25, 0.3) is 0 Å². The van der Waals surface area contributed by atoms with Crippen LogP contribution in [0.5, 0.6) is 11.5 Å². The number of ether oxygens (including phenoxy) is 4. The summed E-state index contributed by atoms with van der Waals surface area (Å²) in [5.41, 5.74) is 0.997. The van der Waals surface area contributed by atoms with E-state index in [9.17, 15) is 26.8 Å². The molecule has 1 aliphatic carbocycles. The Kier molecular flexibility index (Phi) is 12.6. The number of alkyl halides is 2. The predicted molar refractivity (Wildman–Crippen MR) is 207 cm³/mol. The highest BCUT2D eigenvalue weighted by molar-refractivity contribution is 7.89. The number of sulfonamides is 1. The van der Waals surface area contributed by atoms with Crippen LogP contribution in [0, 0.1) is 5.92 Å². The van der Waals surface area contributed by atoms with Crippen molar-refractivity contribution in [1.82, 2.24) is 14.6 Å². The Morgan fingerprint density at radius 2 is 1.60 bits per heavy atom. The molecule has 0 amide bonds. The molecule has 1 aromatic heterocycles. The lowest BCUT2D eigenvalue weighted by molar-refractivity contribution is -0.154. The van der Waals surface area contributed by atoms with Crippen molar-refractivity contribution in [2.75, 3.05) is 13.7 Å². The maximum Gasteiger partial charge on any atom is 0.387 e. The maximum absolute atomic E-state index is 14.0. The van der Waals surface area contributed by atoms with E-state index in [2.05, 4.69) is 21.7 Å². The monoisotopic (exact) mass is 843 g/mol. The van der Waals surface area contributed by atoms with Gasteiger partial charge in [0.25, 0.3) is 0 Å². The van der Waals surface area contributed by atoms with Crippen LogP contribution in [0.2, 0.25) is 10.0 Å². The number of benzene rings is 3. The van der Waals surface area contributed by atoms with Crippen LogP contribution >= 0.6 is 23.2 Å². The molecule has 2 saturated heterocycles. The van der Waals surface area contributed by atoms with E-state index in [1.165, 1.54) is 48.8 Å². The Morgan fingerprint density at radius 3 is 2.26 bits per heavy atom. The van der Waals surface area contributed by atoms with E-state index in [1.54, 1.807) is 30.3 Å². The fourth-order valence-electron chi connectivity index (χ4n) is 7.37. The van der Waals surface area contributed by atoms with Crippen molar-refractivity contribution in [3.63, 3.8) is 0 Å². The molecule has 7 rings (SSSR count). The molecule has 3 unspecified atom stereocenters. The number of carbonyl (C=O) groups is 2. The van der Waals surface area contributed by atoms with Crippen LogP contribution in [-0.2, 0) is 30.7 Å². The molecule has 4 atom stereocenters. The topological polar surface area (TPSA) is 133 Å². The fraction of sp³-hybridized carbons (Fsp3) is 0.390. The normalized spacial score (nSPS) is 20.5. The minimum absolute atomic E-state index is 0.0292. The molecule has 0 spiro atoms. The number of hydrogen-bond donors (Lipinski definition) is 1. The van der Waals surface area contributed by atoms with E-state index in [-0.39, 0.29) is 57.1 Å². The molecular formula is C41H41Cl2F2N3O8S. The Balaban J connectivity index is 1.13. The van der Waals surface area contributed by atoms with Gasteiger partial charge in [0.1, 0.15) is 18.2 Å². The summed E-state index contributed by atoms with van der Waals surface area (Å²) in [7, 11) is -2.36. The maximum atomic E-state index is 14.0. The second kappa shape index (κ2) is 17.7. The number of nitrogens with one attached hydrogen (secondary N) is 1. The first-order valence-electron chi connectivity index (χ1n) is 18.6. The molecule has 4 aromatic rings. The third-order valence-electron chi connectivity index (χ3n) is 10.7. The van der Waals surface area contributed by atoms with Crippen molar-refractivity contribution < 1.29 is 45.7 Å². The third-order valence-corrected chi connectivity index (χ3v) is 12.7. The van der Waals surface area contributed by atoms with Gasteiger partial charge >= 0.3 is 18.6 Å². The van der Waals surface area contributed by atoms with Crippen molar-refractivity contribution >= 4 is 45.2 Å². The summed E-state index contributed by atoms with van der Waals surface area (Å²) >= 11 is 12.9. The number of esters is 2. The summed E-state index contributed by atoms with van der Waals surface area (Å²) in [5, 5.41) is 0.389. The average Bonchev–Trinajstić information content (AvgIpc) is 4.00. The standard InChI is InChI=1S/C41H41Cl2F2N3O8S/c1-48-28-13-14-29(48)19-30(18-28)54-40(50)38(25-6-3-2-4-7-25)47-57(51,52)31-9-5-8-27(16-31)39(49)55-36(20-32-33(42)21-46-22-34(32)43)26-12-15-35(56-41(44)45)37(17-26)53-23-24-10-11-24/h2-9,12,15-17,21-22,24,28-30,36,38,41,47H,10-11,13-14,18-20,23H2,1H3/t28?,29?,30?,36-,38?/m0/s1. The molecule has 16 heteroatoms. The van der Waals surface area contributed by atoms with Crippen LogP contribution in [0.3, 0.4) is 0 Å². The lowest BCUT2D eigenvalue weighted by atomic mass is 10.0. The van der Waals surface area contributed by atoms with E-state index >= 15 is 0 Å². The molecule has 3 fully saturated rings. The zero-order valence-electron chi connectivity index (χ0n) is 30.9. The number of nitrogens with zero attached hydrogens (tertiary/aromatic N) is 2. The minimum Gasteiger partial charge on any atom is -0.489 e. The number of halogens is 4. The molecule has 2 aliphatic heterocycles. The van der Waals surface area contributed by atoms with Gasteiger partial charge in [-0.15, -0.1) is 0 Å². The van der Waals surface area contributed by atoms with Gasteiger partial charge in [0.15, 0.2) is 11.5 Å². The van der Waals surface area contributed by atoms with Gasteiger partial charge in [-0.3, -0.25) is 4.98 Å². The van der Waals surface area contributed by atoms with Crippen molar-refractivity contribution in [1.29, 1.82) is 0 Å². The molecule has 1 saturated carbocycles. The number of hydrogen-bond acceptors (Lipinski definition) is 10. The van der Waals surface area contributed by atoms with Gasteiger partial charge in [-0.1, -0.05) is 65.7 Å². The summed E-state index contributed by atoms with van der Waals surface area (Å²) in [6.45, 7) is -2.82. The molecule has 302 valence electrons. The predicted octanol–water partition coefficient (Wildman–Crippen LogP) is 8.11. The van der Waals surface area contributed by atoms with Gasteiger partial charge in [-0.25, -0.2) is 18.0 Å². The molecule has 0 radical (unpaired) electrons. The zero-order chi connectivity index (χ0) is 40.3. The zero-order valence-corrected chi connectivity index (χ0v) is 33.2. The molecule has 3 heterocycles. The largest absolute Gasteiger partial charge is 0.489 e. The highest BCUT2D eigenvalue weighted by Gasteiger charge is 2.41. The summed E-state index contributed by atoms with van der Waals surface area (Å²) in [6.07, 6.45) is 6.49. The van der Waals surface area contributed by atoms with Gasteiger partial charge in [0, 0.05) is 30.9 Å². The molecule has 11 nitrogen and oxygen atoms in total. The lowest BCUT2D eigenvalue weighted by Gasteiger charge is -2.36. The highest BCUT2D eigenvalue weighted by atomic mass is 35.5. The van der Waals surface area contributed by atoms with E-state index in [0.29, 0.717) is 41.6 Å². The fourth-order valence-corrected chi connectivity index (χ4v) is 9.11. The summed E-state index contributed by atoms with van der Waals surface area (Å²) in [4.78, 5) is 33.6. The Morgan fingerprint density at radius 1 is 0.895 bits per heavy atom. The number of aromatic nitrogens is 1. The molecule has 1 N–H and O–H groups in total. The van der Waals surface area contributed by atoms with E-state index in [0.717, 1.165) is 31.7 Å². The van der Waals surface area contributed by atoms with Crippen LogP contribution in [0.1, 0.15) is 77.7 Å². The number of pyridine rings is 1. The quantitative estimate of drug-likeness (QED) is 0.110. The molecule has 2 bridgehead atoms. The molecule has 3 aromatic carbocycles. The van der Waals surface area contributed by atoms with Gasteiger partial charge in [-0.05, 0) is 98.5 Å². The number of fused-ring (bicyclic) bond motifs is 2. The summed E-state index contributed by atoms with van der Waals surface area (Å²) < 4.78 is 79.6. The Labute approximate surface area is 339 Å². The van der Waals surface area contributed by atoms with Crippen LogP contribution in [-0.4, -0.2) is 68.7 Å². The van der Waals surface area contributed by atoms with Gasteiger partial charge < -0.3 is 23.8 Å². The van der Waals surface area contributed by atoms with Crippen molar-refractivity contribution in [3.05, 3.63) is 117 Å². The van der Waals surface area contributed by atoms with Crippen molar-refractivity contribution in [2.24, 2.45) is 5.92 Å². The first kappa shape index (κ1) is 40.8. The van der Waals surface area contributed by atoms with Crippen molar-refractivity contribution in [2.45, 2.75) is 86.8 Å². The Bertz CT molecular complexity index is 2160. The average molecular weight is 845 g/mol. The summed E-state index contributed by atoms with van der Waals surface area (Å²) in [5.74, 6) is -1.52. The Hall–Kier alpha value is -4.34. The smallest absolute Gasteiger partial charge is 0.387 e. The second-order valence-corrected chi connectivity index (χ2v) is 17.1. The van der Waals surface area contributed by atoms with Crippen LogP contribution < -0.4 is 14.2 Å². The van der Waals surface area contributed by atoms with E-state index in [1.807, 2.05) is 0 Å². The van der Waals surface area contributed by atoms with E-state index < -0.39 is 40.7 Å². The SMILES string of the molecule is CN1C2CCC1CC(OC(=O)C(NS(=O)(=O)c1cccc(C(=O)O[C@@H](Cc3c(Cl)cncc3Cl)c3ccc(OC(F)F)c(OCC4CC4)c3)c1)c1ccccc1)C2.